The second kappa shape index (κ2) is 5.63. The Hall–Kier alpha value is -0.190. The fourth-order valence-electron chi connectivity index (χ4n) is 0.981. The Morgan fingerprint density at radius 2 is 2.14 bits per heavy atom. The molecule has 0 amide bonds. The minimum atomic E-state index is -2.32. The predicted octanol–water partition coefficient (Wildman–Crippen LogP) is 3.46. The Morgan fingerprint density at radius 1 is 1.43 bits per heavy atom. The van der Waals surface area contributed by atoms with Crippen molar-refractivity contribution in [1.82, 2.24) is 5.32 Å². The average molecular weight is 285 g/mol. The molecule has 0 bridgehead atoms. The molecule has 1 aromatic carbocycles. The Kier molecular flexibility index (Phi) is 4.78. The van der Waals surface area contributed by atoms with Crippen LogP contribution in [0.2, 0.25) is 5.02 Å². The first-order valence-electron chi connectivity index (χ1n) is 4.02. The van der Waals surface area contributed by atoms with Crippen LogP contribution in [0, 0.1) is 0 Å². The lowest BCUT2D eigenvalue weighted by Gasteiger charge is -2.06. The lowest BCUT2D eigenvalue weighted by atomic mass is 10.2. The summed E-state index contributed by atoms with van der Waals surface area (Å²) in [5.74, 6) is 0. The molecule has 0 unspecified atom stereocenters. The minimum Gasteiger partial charge on any atom is -0.307 e. The molecule has 0 spiro atoms. The zero-order chi connectivity index (χ0) is 10.6. The number of benzene rings is 1. The molecule has 14 heavy (non-hydrogen) atoms. The molecule has 0 radical (unpaired) electrons. The van der Waals surface area contributed by atoms with E-state index in [2.05, 4.69) is 21.2 Å². The molecule has 0 saturated heterocycles. The fraction of sp³-hybridized carbons (Fsp3) is 0.333. The van der Waals surface area contributed by atoms with Crippen LogP contribution < -0.4 is 5.32 Å². The molecule has 5 heteroatoms. The van der Waals surface area contributed by atoms with Crippen LogP contribution in [0.4, 0.5) is 8.78 Å². The third kappa shape index (κ3) is 3.90. The molecule has 0 heterocycles. The SMILES string of the molecule is FC(F)CNCc1ccc(Cl)cc1Br. The van der Waals surface area contributed by atoms with Crippen molar-refractivity contribution in [3.8, 4) is 0 Å². The van der Waals surface area contributed by atoms with Gasteiger partial charge in [0.05, 0.1) is 6.54 Å². The summed E-state index contributed by atoms with van der Waals surface area (Å²) in [5, 5.41) is 3.26. The van der Waals surface area contributed by atoms with Gasteiger partial charge in [-0.2, -0.15) is 0 Å². The molecule has 1 nitrogen and oxygen atoms in total. The topological polar surface area (TPSA) is 12.0 Å². The van der Waals surface area contributed by atoms with Gasteiger partial charge in [-0.25, -0.2) is 8.78 Å². The second-order valence-corrected chi connectivity index (χ2v) is 4.05. The first-order valence-corrected chi connectivity index (χ1v) is 5.19. The summed E-state index contributed by atoms with van der Waals surface area (Å²) in [6.45, 7) is 0.108. The molecule has 0 aromatic heterocycles. The van der Waals surface area contributed by atoms with Crippen molar-refractivity contribution in [2.75, 3.05) is 6.54 Å². The van der Waals surface area contributed by atoms with Crippen molar-refractivity contribution in [3.05, 3.63) is 33.3 Å². The van der Waals surface area contributed by atoms with E-state index in [4.69, 9.17) is 11.6 Å². The van der Waals surface area contributed by atoms with Crippen LogP contribution in [-0.4, -0.2) is 13.0 Å². The number of nitrogens with one attached hydrogen (secondary N) is 1. The van der Waals surface area contributed by atoms with E-state index in [1.54, 1.807) is 18.2 Å². The number of hydrogen-bond donors (Lipinski definition) is 1. The van der Waals surface area contributed by atoms with E-state index in [0.717, 1.165) is 10.0 Å². The summed E-state index contributed by atoms with van der Waals surface area (Å²) >= 11 is 9.03. The van der Waals surface area contributed by atoms with Crippen molar-refractivity contribution < 1.29 is 8.78 Å². The van der Waals surface area contributed by atoms with E-state index >= 15 is 0 Å². The highest BCUT2D eigenvalue weighted by Crippen LogP contribution is 2.21. The monoisotopic (exact) mass is 283 g/mol. The van der Waals surface area contributed by atoms with Crippen LogP contribution in [0.3, 0.4) is 0 Å². The molecule has 0 aliphatic carbocycles. The standard InChI is InChI=1S/C9H9BrClF2N/c10-8-3-7(11)2-1-6(8)4-14-5-9(12)13/h1-3,9,14H,4-5H2. The van der Waals surface area contributed by atoms with Crippen LogP contribution in [0.15, 0.2) is 22.7 Å². The van der Waals surface area contributed by atoms with Gasteiger partial charge in [-0.1, -0.05) is 33.6 Å². The van der Waals surface area contributed by atoms with E-state index in [0.29, 0.717) is 11.6 Å². The van der Waals surface area contributed by atoms with Gasteiger partial charge in [-0.3, -0.25) is 0 Å². The van der Waals surface area contributed by atoms with Crippen molar-refractivity contribution in [3.63, 3.8) is 0 Å². The largest absolute Gasteiger partial charge is 0.307 e. The Labute approximate surface area is 94.6 Å². The van der Waals surface area contributed by atoms with Crippen molar-refractivity contribution in [2.24, 2.45) is 0 Å². The maximum atomic E-state index is 11.8. The van der Waals surface area contributed by atoms with Gasteiger partial charge in [0, 0.05) is 16.0 Å². The van der Waals surface area contributed by atoms with Gasteiger partial charge in [-0.15, -0.1) is 0 Å². The summed E-state index contributed by atoms with van der Waals surface area (Å²) < 4.78 is 24.4. The van der Waals surface area contributed by atoms with E-state index in [1.807, 2.05) is 0 Å². The van der Waals surface area contributed by atoms with Gasteiger partial charge in [0.2, 0.25) is 0 Å². The lowest BCUT2D eigenvalue weighted by molar-refractivity contribution is 0.145. The summed E-state index contributed by atoms with van der Waals surface area (Å²) in [7, 11) is 0. The normalized spacial score (nSPS) is 10.9. The van der Waals surface area contributed by atoms with Gasteiger partial charge in [-0.05, 0) is 17.7 Å². The zero-order valence-corrected chi connectivity index (χ0v) is 9.58. The van der Waals surface area contributed by atoms with Gasteiger partial charge in [0.15, 0.2) is 0 Å². The quantitative estimate of drug-likeness (QED) is 0.893. The molecule has 0 saturated carbocycles. The Balaban J connectivity index is 2.51. The number of rotatable bonds is 4. The number of halogens is 4. The highest BCUT2D eigenvalue weighted by atomic mass is 79.9. The lowest BCUT2D eigenvalue weighted by Crippen LogP contribution is -2.20. The predicted molar refractivity (Wildman–Crippen MR) is 56.9 cm³/mol. The molecule has 78 valence electrons. The van der Waals surface area contributed by atoms with Gasteiger partial charge in [0.25, 0.3) is 6.43 Å². The summed E-state index contributed by atoms with van der Waals surface area (Å²) in [5.41, 5.74) is 0.912. The summed E-state index contributed by atoms with van der Waals surface area (Å²) in [6, 6.07) is 5.26. The maximum Gasteiger partial charge on any atom is 0.250 e. The van der Waals surface area contributed by atoms with Gasteiger partial charge < -0.3 is 5.32 Å². The molecule has 0 aliphatic rings. The molecule has 1 N–H and O–H groups in total. The molecule has 0 atom stereocenters. The van der Waals surface area contributed by atoms with Crippen LogP contribution in [0.1, 0.15) is 5.56 Å². The number of hydrogen-bond acceptors (Lipinski definition) is 1. The fourth-order valence-corrected chi connectivity index (χ4v) is 1.80. The molecular weight excluding hydrogens is 275 g/mol. The maximum absolute atomic E-state index is 11.8. The van der Waals surface area contributed by atoms with Gasteiger partial charge >= 0.3 is 0 Å². The highest BCUT2D eigenvalue weighted by Gasteiger charge is 2.03. The molecule has 0 aliphatic heterocycles. The third-order valence-corrected chi connectivity index (χ3v) is 2.60. The summed E-state index contributed by atoms with van der Waals surface area (Å²) in [6.07, 6.45) is -2.32. The van der Waals surface area contributed by atoms with E-state index in [-0.39, 0.29) is 6.54 Å². The first-order chi connectivity index (χ1) is 6.59. The van der Waals surface area contributed by atoms with Crippen molar-refractivity contribution in [1.29, 1.82) is 0 Å². The Morgan fingerprint density at radius 3 is 2.71 bits per heavy atom. The molecular formula is C9H9BrClF2N. The first kappa shape index (κ1) is 11.9. The Bertz CT molecular complexity index is 307. The summed E-state index contributed by atoms with van der Waals surface area (Å²) in [4.78, 5) is 0. The smallest absolute Gasteiger partial charge is 0.250 e. The average Bonchev–Trinajstić information content (AvgIpc) is 2.08. The van der Waals surface area contributed by atoms with Crippen LogP contribution in [-0.2, 0) is 6.54 Å². The van der Waals surface area contributed by atoms with Crippen molar-refractivity contribution >= 4 is 27.5 Å². The second-order valence-electron chi connectivity index (χ2n) is 2.76. The van der Waals surface area contributed by atoms with E-state index < -0.39 is 6.43 Å². The minimum absolute atomic E-state index is 0.297. The van der Waals surface area contributed by atoms with E-state index in [9.17, 15) is 8.78 Å². The van der Waals surface area contributed by atoms with Crippen LogP contribution >= 0.6 is 27.5 Å². The third-order valence-electron chi connectivity index (χ3n) is 1.63. The molecule has 0 fully saturated rings. The molecule has 1 aromatic rings. The number of alkyl halides is 2. The van der Waals surface area contributed by atoms with Crippen LogP contribution in [0.25, 0.3) is 0 Å². The van der Waals surface area contributed by atoms with E-state index in [1.165, 1.54) is 0 Å². The highest BCUT2D eigenvalue weighted by molar-refractivity contribution is 9.10. The van der Waals surface area contributed by atoms with Gasteiger partial charge in [0.1, 0.15) is 0 Å². The molecule has 1 rings (SSSR count). The zero-order valence-electron chi connectivity index (χ0n) is 7.24. The van der Waals surface area contributed by atoms with Crippen molar-refractivity contribution in [2.45, 2.75) is 13.0 Å². The van der Waals surface area contributed by atoms with Crippen LogP contribution in [0.5, 0.6) is 0 Å².